The Morgan fingerprint density at radius 1 is 1.75 bits per heavy atom. The molecular weight excluding hydrogens is 122 g/mol. The van der Waals surface area contributed by atoms with Gasteiger partial charge in [-0.1, -0.05) is 0 Å². The molecule has 44 valence electrons. The Morgan fingerprint density at radius 3 is 3.12 bits per heavy atom. The van der Waals surface area contributed by atoms with Crippen LogP contribution in [0.5, 0.6) is 0 Å². The van der Waals surface area contributed by atoms with Gasteiger partial charge in [-0.3, -0.25) is 0 Å². The summed E-state index contributed by atoms with van der Waals surface area (Å²) in [7, 11) is 0. The summed E-state index contributed by atoms with van der Waals surface area (Å²) in [4.78, 5) is 3.96. The first-order valence-electron chi connectivity index (χ1n) is 2.42. The highest BCUT2D eigenvalue weighted by Gasteiger charge is 1.89. The fourth-order valence-electron chi connectivity index (χ4n) is 0.472. The standard InChI is InChI=1S/C5H7NOS/c7-3-1-5-6-2-4-8-5/h2,4,7H,1,3H2. The second-order valence-corrected chi connectivity index (χ2v) is 2.38. The molecule has 3 heteroatoms. The lowest BCUT2D eigenvalue weighted by Gasteiger charge is -1.84. The van der Waals surface area contributed by atoms with E-state index in [0.717, 1.165) is 5.01 Å². The molecule has 1 N–H and O–H groups in total. The molecule has 0 aliphatic carbocycles. The summed E-state index contributed by atoms with van der Waals surface area (Å²) in [5, 5.41) is 11.3. The summed E-state index contributed by atoms with van der Waals surface area (Å²) in [5.74, 6) is 0. The molecule has 0 unspecified atom stereocenters. The van der Waals surface area contributed by atoms with Crippen LogP contribution in [0.1, 0.15) is 5.01 Å². The molecule has 0 spiro atoms. The Balaban J connectivity index is 2.50. The normalized spacial score (nSPS) is 9.62. The summed E-state index contributed by atoms with van der Waals surface area (Å²) in [5.41, 5.74) is 0. The molecule has 1 aromatic rings. The van der Waals surface area contributed by atoms with Crippen molar-refractivity contribution >= 4 is 11.3 Å². The fourth-order valence-corrected chi connectivity index (χ4v) is 1.08. The maximum Gasteiger partial charge on any atom is 0.0947 e. The van der Waals surface area contributed by atoms with Crippen LogP contribution in [0.15, 0.2) is 11.6 Å². The van der Waals surface area contributed by atoms with Gasteiger partial charge in [0.05, 0.1) is 5.01 Å². The third-order valence-electron chi connectivity index (χ3n) is 0.809. The van der Waals surface area contributed by atoms with E-state index < -0.39 is 0 Å². The van der Waals surface area contributed by atoms with Gasteiger partial charge in [0.25, 0.3) is 0 Å². The Hall–Kier alpha value is -0.410. The van der Waals surface area contributed by atoms with E-state index in [1.807, 2.05) is 5.38 Å². The molecule has 0 amide bonds. The van der Waals surface area contributed by atoms with Crippen LogP contribution in [0.25, 0.3) is 0 Å². The van der Waals surface area contributed by atoms with Crippen LogP contribution in [0.4, 0.5) is 0 Å². The molecule has 0 aromatic carbocycles. The van der Waals surface area contributed by atoms with Crippen molar-refractivity contribution in [3.63, 3.8) is 0 Å². The quantitative estimate of drug-likeness (QED) is 0.637. The van der Waals surface area contributed by atoms with E-state index >= 15 is 0 Å². The number of rotatable bonds is 2. The molecule has 0 radical (unpaired) electrons. The lowest BCUT2D eigenvalue weighted by atomic mass is 10.5. The number of hydrogen-bond acceptors (Lipinski definition) is 3. The first-order chi connectivity index (χ1) is 3.93. The molecule has 8 heavy (non-hydrogen) atoms. The zero-order valence-electron chi connectivity index (χ0n) is 4.37. The van der Waals surface area contributed by atoms with Gasteiger partial charge in [0, 0.05) is 24.6 Å². The Kier molecular flexibility index (Phi) is 2.00. The third-order valence-corrected chi connectivity index (χ3v) is 1.65. The molecule has 0 saturated carbocycles. The van der Waals surface area contributed by atoms with E-state index in [1.54, 1.807) is 17.5 Å². The van der Waals surface area contributed by atoms with E-state index in [-0.39, 0.29) is 6.61 Å². The average molecular weight is 129 g/mol. The molecule has 0 atom stereocenters. The Morgan fingerprint density at radius 2 is 2.62 bits per heavy atom. The van der Waals surface area contributed by atoms with Crippen LogP contribution in [-0.2, 0) is 6.42 Å². The van der Waals surface area contributed by atoms with Crippen molar-refractivity contribution in [1.82, 2.24) is 4.98 Å². The predicted octanol–water partition coefficient (Wildman–Crippen LogP) is 0.678. The Bertz CT molecular complexity index is 138. The number of aromatic nitrogens is 1. The minimum Gasteiger partial charge on any atom is -0.396 e. The number of aliphatic hydroxyl groups excluding tert-OH is 1. The fraction of sp³-hybridized carbons (Fsp3) is 0.400. The van der Waals surface area contributed by atoms with E-state index in [1.165, 1.54) is 0 Å². The molecule has 0 aliphatic heterocycles. The monoisotopic (exact) mass is 129 g/mol. The van der Waals surface area contributed by atoms with E-state index in [4.69, 9.17) is 5.11 Å². The van der Waals surface area contributed by atoms with Crippen LogP contribution in [0.3, 0.4) is 0 Å². The molecule has 0 aliphatic rings. The van der Waals surface area contributed by atoms with E-state index in [2.05, 4.69) is 4.98 Å². The van der Waals surface area contributed by atoms with Crippen molar-refractivity contribution in [1.29, 1.82) is 0 Å². The van der Waals surface area contributed by atoms with Gasteiger partial charge in [-0.15, -0.1) is 11.3 Å². The minimum atomic E-state index is 0.202. The molecular formula is C5H7NOS. The third kappa shape index (κ3) is 1.28. The topological polar surface area (TPSA) is 33.1 Å². The smallest absolute Gasteiger partial charge is 0.0947 e. The number of nitrogens with zero attached hydrogens (tertiary/aromatic N) is 1. The summed E-state index contributed by atoms with van der Waals surface area (Å²) in [6, 6.07) is 0. The van der Waals surface area contributed by atoms with Crippen LogP contribution >= 0.6 is 11.3 Å². The van der Waals surface area contributed by atoms with Crippen molar-refractivity contribution in [2.75, 3.05) is 6.61 Å². The highest BCUT2D eigenvalue weighted by Crippen LogP contribution is 2.02. The SMILES string of the molecule is OCCc1nccs1. The van der Waals surface area contributed by atoms with Crippen molar-refractivity contribution in [2.24, 2.45) is 0 Å². The number of thiazole rings is 1. The van der Waals surface area contributed by atoms with Crippen LogP contribution in [-0.4, -0.2) is 16.7 Å². The number of hydrogen-bond donors (Lipinski definition) is 1. The molecule has 1 rings (SSSR count). The van der Waals surface area contributed by atoms with Gasteiger partial charge in [-0.05, 0) is 0 Å². The maximum absolute atomic E-state index is 8.40. The molecule has 0 bridgehead atoms. The first-order valence-corrected chi connectivity index (χ1v) is 3.30. The highest BCUT2D eigenvalue weighted by molar-refractivity contribution is 7.09. The first kappa shape index (κ1) is 5.72. The van der Waals surface area contributed by atoms with Gasteiger partial charge in [0.2, 0.25) is 0 Å². The van der Waals surface area contributed by atoms with Gasteiger partial charge in [-0.2, -0.15) is 0 Å². The van der Waals surface area contributed by atoms with Crippen LogP contribution < -0.4 is 0 Å². The van der Waals surface area contributed by atoms with Crippen molar-refractivity contribution < 1.29 is 5.11 Å². The molecule has 2 nitrogen and oxygen atoms in total. The Labute approximate surface area is 51.8 Å². The average Bonchev–Trinajstić information content (AvgIpc) is 2.19. The summed E-state index contributed by atoms with van der Waals surface area (Å²) in [6.07, 6.45) is 2.44. The second kappa shape index (κ2) is 2.79. The van der Waals surface area contributed by atoms with Gasteiger partial charge >= 0.3 is 0 Å². The zero-order valence-corrected chi connectivity index (χ0v) is 5.19. The van der Waals surface area contributed by atoms with Crippen LogP contribution in [0.2, 0.25) is 0 Å². The van der Waals surface area contributed by atoms with Gasteiger partial charge < -0.3 is 5.11 Å². The molecule has 0 saturated heterocycles. The lowest BCUT2D eigenvalue weighted by molar-refractivity contribution is 0.299. The summed E-state index contributed by atoms with van der Waals surface area (Å²) in [6.45, 7) is 0.202. The van der Waals surface area contributed by atoms with Crippen molar-refractivity contribution in [3.05, 3.63) is 16.6 Å². The number of aliphatic hydroxyl groups is 1. The molecule has 1 heterocycles. The van der Waals surface area contributed by atoms with Crippen LogP contribution in [0, 0.1) is 0 Å². The highest BCUT2D eigenvalue weighted by atomic mass is 32.1. The minimum absolute atomic E-state index is 0.202. The second-order valence-electron chi connectivity index (χ2n) is 1.40. The predicted molar refractivity (Wildman–Crippen MR) is 32.9 cm³/mol. The van der Waals surface area contributed by atoms with E-state index in [9.17, 15) is 0 Å². The molecule has 1 aromatic heterocycles. The van der Waals surface area contributed by atoms with Gasteiger partial charge in [0.1, 0.15) is 0 Å². The lowest BCUT2D eigenvalue weighted by Crippen LogP contribution is -1.87. The summed E-state index contributed by atoms with van der Waals surface area (Å²) < 4.78 is 0. The largest absolute Gasteiger partial charge is 0.396 e. The van der Waals surface area contributed by atoms with Gasteiger partial charge in [0.15, 0.2) is 0 Å². The van der Waals surface area contributed by atoms with Crippen molar-refractivity contribution in [2.45, 2.75) is 6.42 Å². The molecule has 0 fully saturated rings. The maximum atomic E-state index is 8.40. The van der Waals surface area contributed by atoms with Crippen molar-refractivity contribution in [3.8, 4) is 0 Å². The zero-order chi connectivity index (χ0) is 5.82. The van der Waals surface area contributed by atoms with E-state index in [0.29, 0.717) is 6.42 Å². The summed E-state index contributed by atoms with van der Waals surface area (Å²) >= 11 is 1.58. The van der Waals surface area contributed by atoms with Gasteiger partial charge in [-0.25, -0.2) is 4.98 Å².